The molecular formula is C20H21N5O. The van der Waals surface area contributed by atoms with Crippen molar-refractivity contribution in [1.29, 1.82) is 0 Å². The SMILES string of the molecule is CC1CNCCN1C(=O)c1nc(-c2ccccc2)n(-c2ccccc2)n1. The van der Waals surface area contributed by atoms with Crippen molar-refractivity contribution in [3.8, 4) is 17.1 Å². The molecule has 2 heterocycles. The maximum atomic E-state index is 13.0. The van der Waals surface area contributed by atoms with E-state index in [0.29, 0.717) is 12.4 Å². The first-order valence-corrected chi connectivity index (χ1v) is 8.83. The average molecular weight is 347 g/mol. The van der Waals surface area contributed by atoms with Crippen LogP contribution in [0.25, 0.3) is 17.1 Å². The number of para-hydroxylation sites is 1. The summed E-state index contributed by atoms with van der Waals surface area (Å²) in [5.74, 6) is 0.787. The number of carbonyl (C=O) groups is 1. The summed E-state index contributed by atoms with van der Waals surface area (Å²) in [5, 5.41) is 7.86. The zero-order chi connectivity index (χ0) is 17.9. The molecule has 1 saturated heterocycles. The molecule has 3 aromatic rings. The second kappa shape index (κ2) is 7.09. The van der Waals surface area contributed by atoms with E-state index in [1.54, 1.807) is 4.68 Å². The van der Waals surface area contributed by atoms with E-state index in [2.05, 4.69) is 15.4 Å². The third kappa shape index (κ3) is 3.11. The Morgan fingerprint density at radius 3 is 2.46 bits per heavy atom. The molecule has 0 radical (unpaired) electrons. The quantitative estimate of drug-likeness (QED) is 0.790. The third-order valence-corrected chi connectivity index (χ3v) is 4.59. The van der Waals surface area contributed by atoms with E-state index in [4.69, 9.17) is 0 Å². The number of nitrogens with one attached hydrogen (secondary N) is 1. The summed E-state index contributed by atoms with van der Waals surface area (Å²) in [6, 6.07) is 19.7. The van der Waals surface area contributed by atoms with Crippen LogP contribution < -0.4 is 5.32 Å². The maximum Gasteiger partial charge on any atom is 0.293 e. The summed E-state index contributed by atoms with van der Waals surface area (Å²) in [5.41, 5.74) is 1.81. The lowest BCUT2D eigenvalue weighted by molar-refractivity contribution is 0.0643. The van der Waals surface area contributed by atoms with Crippen LogP contribution in [-0.4, -0.2) is 51.2 Å². The van der Waals surface area contributed by atoms with Crippen LogP contribution in [0.1, 0.15) is 17.5 Å². The largest absolute Gasteiger partial charge is 0.331 e. The smallest absolute Gasteiger partial charge is 0.293 e. The summed E-state index contributed by atoms with van der Waals surface area (Å²) in [4.78, 5) is 19.4. The Hall–Kier alpha value is -2.99. The second-order valence-electron chi connectivity index (χ2n) is 6.42. The van der Waals surface area contributed by atoms with Gasteiger partial charge in [-0.1, -0.05) is 48.5 Å². The van der Waals surface area contributed by atoms with E-state index < -0.39 is 0 Å². The van der Waals surface area contributed by atoms with E-state index in [1.807, 2.05) is 72.5 Å². The monoisotopic (exact) mass is 347 g/mol. The fourth-order valence-corrected chi connectivity index (χ4v) is 3.20. The predicted octanol–water partition coefficient (Wildman–Crippen LogP) is 2.37. The first-order chi connectivity index (χ1) is 12.7. The number of benzene rings is 2. The fraction of sp³-hybridized carbons (Fsp3) is 0.250. The number of nitrogens with zero attached hydrogens (tertiary/aromatic N) is 4. The van der Waals surface area contributed by atoms with Crippen LogP contribution in [0, 0.1) is 0 Å². The molecule has 4 rings (SSSR count). The average Bonchev–Trinajstić information content (AvgIpc) is 3.15. The summed E-state index contributed by atoms with van der Waals surface area (Å²) < 4.78 is 1.75. The highest BCUT2D eigenvalue weighted by atomic mass is 16.2. The van der Waals surface area contributed by atoms with Gasteiger partial charge >= 0.3 is 0 Å². The number of piperazine rings is 1. The minimum Gasteiger partial charge on any atom is -0.331 e. The van der Waals surface area contributed by atoms with Crippen LogP contribution in [0.3, 0.4) is 0 Å². The van der Waals surface area contributed by atoms with Crippen molar-refractivity contribution in [2.75, 3.05) is 19.6 Å². The normalized spacial score (nSPS) is 17.3. The summed E-state index contributed by atoms with van der Waals surface area (Å²) in [6.45, 7) is 4.29. The molecule has 0 aliphatic carbocycles. The molecule has 1 N–H and O–H groups in total. The minimum atomic E-state index is -0.120. The van der Waals surface area contributed by atoms with Gasteiger partial charge in [-0.2, -0.15) is 0 Å². The molecule has 6 nitrogen and oxygen atoms in total. The summed E-state index contributed by atoms with van der Waals surface area (Å²) in [7, 11) is 0. The van der Waals surface area contributed by atoms with Gasteiger partial charge in [-0.3, -0.25) is 4.79 Å². The molecule has 1 aliphatic rings. The number of amides is 1. The number of hydrogen-bond acceptors (Lipinski definition) is 4. The van der Waals surface area contributed by atoms with Crippen molar-refractivity contribution in [3.05, 3.63) is 66.5 Å². The molecular weight excluding hydrogens is 326 g/mol. The van der Waals surface area contributed by atoms with Crippen LogP contribution in [0.5, 0.6) is 0 Å². The van der Waals surface area contributed by atoms with Crippen molar-refractivity contribution in [3.63, 3.8) is 0 Å². The van der Waals surface area contributed by atoms with Crippen molar-refractivity contribution < 1.29 is 4.79 Å². The Balaban J connectivity index is 1.77. The van der Waals surface area contributed by atoms with Crippen LogP contribution in [0.2, 0.25) is 0 Å². The number of carbonyl (C=O) groups excluding carboxylic acids is 1. The molecule has 0 bridgehead atoms. The highest BCUT2D eigenvalue weighted by Gasteiger charge is 2.28. The first kappa shape index (κ1) is 16.5. The van der Waals surface area contributed by atoms with Crippen molar-refractivity contribution in [2.45, 2.75) is 13.0 Å². The van der Waals surface area contributed by atoms with Gasteiger partial charge < -0.3 is 10.2 Å². The maximum absolute atomic E-state index is 13.0. The van der Waals surface area contributed by atoms with Gasteiger partial charge in [0.15, 0.2) is 5.82 Å². The lowest BCUT2D eigenvalue weighted by Gasteiger charge is -2.33. The van der Waals surface area contributed by atoms with Crippen LogP contribution in [-0.2, 0) is 0 Å². The molecule has 1 fully saturated rings. The van der Waals surface area contributed by atoms with E-state index in [0.717, 1.165) is 24.3 Å². The molecule has 6 heteroatoms. The van der Waals surface area contributed by atoms with Gasteiger partial charge in [-0.25, -0.2) is 9.67 Å². The van der Waals surface area contributed by atoms with Gasteiger partial charge in [-0.05, 0) is 19.1 Å². The molecule has 0 saturated carbocycles. The molecule has 0 spiro atoms. The Morgan fingerprint density at radius 2 is 1.77 bits per heavy atom. The highest BCUT2D eigenvalue weighted by molar-refractivity contribution is 5.91. The van der Waals surface area contributed by atoms with Gasteiger partial charge in [0.05, 0.1) is 5.69 Å². The number of hydrogen-bond donors (Lipinski definition) is 1. The lowest BCUT2D eigenvalue weighted by atomic mass is 10.2. The number of aromatic nitrogens is 3. The van der Waals surface area contributed by atoms with Crippen molar-refractivity contribution >= 4 is 5.91 Å². The van der Waals surface area contributed by atoms with Gasteiger partial charge in [0.1, 0.15) is 0 Å². The Labute approximate surface area is 152 Å². The first-order valence-electron chi connectivity index (χ1n) is 8.83. The van der Waals surface area contributed by atoms with Crippen molar-refractivity contribution in [1.82, 2.24) is 25.0 Å². The molecule has 1 aromatic heterocycles. The standard InChI is InChI=1S/C20H21N5O/c1-15-14-21-12-13-24(15)20(26)18-22-19(16-8-4-2-5-9-16)25(23-18)17-10-6-3-7-11-17/h2-11,15,21H,12-14H2,1H3. The summed E-state index contributed by atoms with van der Waals surface area (Å²) in [6.07, 6.45) is 0. The Bertz CT molecular complexity index is 834. The van der Waals surface area contributed by atoms with Gasteiger partial charge in [0, 0.05) is 31.2 Å². The molecule has 1 amide bonds. The number of rotatable bonds is 3. The Morgan fingerprint density at radius 1 is 1.08 bits per heavy atom. The molecule has 1 atom stereocenters. The van der Waals surface area contributed by atoms with Crippen LogP contribution in [0.4, 0.5) is 0 Å². The van der Waals surface area contributed by atoms with Crippen LogP contribution >= 0.6 is 0 Å². The van der Waals surface area contributed by atoms with E-state index >= 15 is 0 Å². The zero-order valence-electron chi connectivity index (χ0n) is 14.7. The van der Waals surface area contributed by atoms with E-state index in [9.17, 15) is 4.79 Å². The zero-order valence-corrected chi connectivity index (χ0v) is 14.7. The summed E-state index contributed by atoms with van der Waals surface area (Å²) >= 11 is 0. The Kier molecular flexibility index (Phi) is 4.50. The van der Waals surface area contributed by atoms with E-state index in [-0.39, 0.29) is 17.8 Å². The topological polar surface area (TPSA) is 63.1 Å². The minimum absolute atomic E-state index is 0.120. The van der Waals surface area contributed by atoms with Gasteiger partial charge in [-0.15, -0.1) is 5.10 Å². The van der Waals surface area contributed by atoms with Crippen molar-refractivity contribution in [2.24, 2.45) is 0 Å². The van der Waals surface area contributed by atoms with E-state index in [1.165, 1.54) is 0 Å². The second-order valence-corrected chi connectivity index (χ2v) is 6.42. The molecule has 132 valence electrons. The van der Waals surface area contributed by atoms with Gasteiger partial charge in [0.25, 0.3) is 5.91 Å². The molecule has 1 aliphatic heterocycles. The van der Waals surface area contributed by atoms with Crippen LogP contribution in [0.15, 0.2) is 60.7 Å². The fourth-order valence-electron chi connectivity index (χ4n) is 3.20. The molecule has 1 unspecified atom stereocenters. The highest BCUT2D eigenvalue weighted by Crippen LogP contribution is 2.22. The van der Waals surface area contributed by atoms with Gasteiger partial charge in [0.2, 0.25) is 5.82 Å². The predicted molar refractivity (Wildman–Crippen MR) is 100 cm³/mol. The molecule has 2 aromatic carbocycles. The molecule has 26 heavy (non-hydrogen) atoms. The lowest BCUT2D eigenvalue weighted by Crippen LogP contribution is -2.52. The third-order valence-electron chi connectivity index (χ3n) is 4.59.